The van der Waals surface area contributed by atoms with Crippen LogP contribution in [0.1, 0.15) is 16.1 Å². The summed E-state index contributed by atoms with van der Waals surface area (Å²) in [5.74, 6) is -1.22. The zero-order chi connectivity index (χ0) is 14.0. The Labute approximate surface area is 109 Å². The second-order valence-corrected chi connectivity index (χ2v) is 5.53. The van der Waals surface area contributed by atoms with Crippen LogP contribution < -0.4 is 4.72 Å². The van der Waals surface area contributed by atoms with Gasteiger partial charge in [-0.25, -0.2) is 13.2 Å². The Hall–Kier alpha value is -2.35. The van der Waals surface area contributed by atoms with Crippen LogP contribution in [-0.2, 0) is 10.0 Å². The normalized spacial score (nSPS) is 11.2. The molecule has 0 aromatic carbocycles. The van der Waals surface area contributed by atoms with Gasteiger partial charge in [-0.1, -0.05) is 0 Å². The molecule has 0 aliphatic carbocycles. The molecule has 0 unspecified atom stereocenters. The maximum atomic E-state index is 12.0. The van der Waals surface area contributed by atoms with Crippen molar-refractivity contribution in [3.05, 3.63) is 42.0 Å². The number of pyridine rings is 1. The lowest BCUT2D eigenvalue weighted by atomic mass is 10.3. The lowest BCUT2D eigenvalue weighted by Gasteiger charge is -2.08. The van der Waals surface area contributed by atoms with Gasteiger partial charge in [-0.15, -0.1) is 0 Å². The number of aromatic nitrogens is 2. The monoisotopic (exact) mass is 281 g/mol. The fourth-order valence-electron chi connectivity index (χ4n) is 1.43. The average molecular weight is 281 g/mol. The molecule has 0 saturated heterocycles. The highest BCUT2D eigenvalue weighted by Gasteiger charge is 2.19. The van der Waals surface area contributed by atoms with Crippen LogP contribution >= 0.6 is 0 Å². The molecule has 0 amide bonds. The van der Waals surface area contributed by atoms with Crippen molar-refractivity contribution in [3.63, 3.8) is 0 Å². The second-order valence-electron chi connectivity index (χ2n) is 3.85. The minimum absolute atomic E-state index is 0.145. The predicted octanol–water partition coefficient (Wildman–Crippen LogP) is 1.22. The van der Waals surface area contributed by atoms with Crippen LogP contribution in [-0.4, -0.2) is 29.5 Å². The summed E-state index contributed by atoms with van der Waals surface area (Å²) in [5, 5.41) is 8.74. The number of sulfonamides is 1. The van der Waals surface area contributed by atoms with Crippen LogP contribution in [0.15, 0.2) is 35.6 Å². The molecule has 0 spiro atoms. The molecule has 2 aromatic heterocycles. The molecule has 7 nitrogen and oxygen atoms in total. The first-order valence-electron chi connectivity index (χ1n) is 5.25. The van der Waals surface area contributed by atoms with Crippen LogP contribution in [0, 0.1) is 6.92 Å². The van der Waals surface area contributed by atoms with Crippen molar-refractivity contribution in [2.75, 3.05) is 4.72 Å². The van der Waals surface area contributed by atoms with Crippen molar-refractivity contribution in [1.82, 2.24) is 9.97 Å². The van der Waals surface area contributed by atoms with Crippen LogP contribution in [0.3, 0.4) is 0 Å². The van der Waals surface area contributed by atoms with E-state index in [1.54, 1.807) is 19.2 Å². The van der Waals surface area contributed by atoms with E-state index in [1.165, 1.54) is 6.20 Å². The maximum absolute atomic E-state index is 12.0. The minimum Gasteiger partial charge on any atom is -0.477 e. The topological polar surface area (TPSA) is 112 Å². The quantitative estimate of drug-likeness (QED) is 0.780. The number of hydrogen-bond acceptors (Lipinski definition) is 4. The lowest BCUT2D eigenvalue weighted by Crippen LogP contribution is -2.13. The SMILES string of the molecule is Cc1ccncc1NS(=O)(=O)c1c[nH]c(C(=O)O)c1. The molecule has 0 radical (unpaired) electrons. The predicted molar refractivity (Wildman–Crippen MR) is 67.5 cm³/mol. The summed E-state index contributed by atoms with van der Waals surface area (Å²) in [6.45, 7) is 1.74. The molecule has 2 rings (SSSR count). The molecule has 8 heteroatoms. The molecule has 2 aromatic rings. The van der Waals surface area contributed by atoms with E-state index in [2.05, 4.69) is 14.7 Å². The number of nitrogens with one attached hydrogen (secondary N) is 2. The van der Waals surface area contributed by atoms with Crippen molar-refractivity contribution >= 4 is 21.7 Å². The van der Waals surface area contributed by atoms with Gasteiger partial charge in [0.25, 0.3) is 10.0 Å². The van der Waals surface area contributed by atoms with E-state index in [0.29, 0.717) is 11.3 Å². The lowest BCUT2D eigenvalue weighted by molar-refractivity contribution is 0.0691. The molecule has 0 aliphatic heterocycles. The Bertz CT molecular complexity index is 721. The Morgan fingerprint density at radius 3 is 2.79 bits per heavy atom. The van der Waals surface area contributed by atoms with Crippen molar-refractivity contribution in [2.24, 2.45) is 0 Å². The smallest absolute Gasteiger partial charge is 0.352 e. The summed E-state index contributed by atoms with van der Waals surface area (Å²) in [7, 11) is -3.83. The van der Waals surface area contributed by atoms with Gasteiger partial charge in [0.05, 0.1) is 11.9 Å². The Morgan fingerprint density at radius 2 is 2.21 bits per heavy atom. The van der Waals surface area contributed by atoms with Crippen LogP contribution in [0.4, 0.5) is 5.69 Å². The number of nitrogens with zero attached hydrogens (tertiary/aromatic N) is 1. The number of rotatable bonds is 4. The first-order chi connectivity index (χ1) is 8.90. The second kappa shape index (κ2) is 4.73. The van der Waals surface area contributed by atoms with Gasteiger partial charge in [-0.05, 0) is 24.6 Å². The van der Waals surface area contributed by atoms with Crippen molar-refractivity contribution in [1.29, 1.82) is 0 Å². The molecule has 0 aliphatic rings. The number of aryl methyl sites for hydroxylation is 1. The Kier molecular flexibility index (Phi) is 3.26. The summed E-state index contributed by atoms with van der Waals surface area (Å²) in [6.07, 6.45) is 4.06. The number of H-pyrrole nitrogens is 1. The zero-order valence-electron chi connectivity index (χ0n) is 9.91. The first-order valence-corrected chi connectivity index (χ1v) is 6.73. The minimum atomic E-state index is -3.83. The Balaban J connectivity index is 2.32. The van der Waals surface area contributed by atoms with Crippen LogP contribution in [0.5, 0.6) is 0 Å². The van der Waals surface area contributed by atoms with E-state index in [9.17, 15) is 13.2 Å². The molecular formula is C11H11N3O4S. The van der Waals surface area contributed by atoms with Crippen LogP contribution in [0.2, 0.25) is 0 Å². The Morgan fingerprint density at radius 1 is 1.47 bits per heavy atom. The molecule has 0 fully saturated rings. The van der Waals surface area contributed by atoms with Gasteiger partial charge in [0.2, 0.25) is 0 Å². The van der Waals surface area contributed by atoms with E-state index in [4.69, 9.17) is 5.11 Å². The molecule has 0 saturated carbocycles. The molecule has 0 bridgehead atoms. The zero-order valence-corrected chi connectivity index (χ0v) is 10.7. The summed E-state index contributed by atoms with van der Waals surface area (Å²) < 4.78 is 26.4. The number of carboxylic acids is 1. The summed E-state index contributed by atoms with van der Waals surface area (Å²) >= 11 is 0. The largest absolute Gasteiger partial charge is 0.477 e. The highest BCUT2D eigenvalue weighted by molar-refractivity contribution is 7.92. The number of aromatic amines is 1. The molecule has 2 heterocycles. The van der Waals surface area contributed by atoms with Gasteiger partial charge >= 0.3 is 5.97 Å². The maximum Gasteiger partial charge on any atom is 0.352 e. The van der Waals surface area contributed by atoms with Gasteiger partial charge in [0, 0.05) is 12.4 Å². The van der Waals surface area contributed by atoms with Gasteiger partial charge in [0.1, 0.15) is 10.6 Å². The molecule has 3 N–H and O–H groups in total. The average Bonchev–Trinajstić information content (AvgIpc) is 2.82. The van der Waals surface area contributed by atoms with Gasteiger partial charge in [0.15, 0.2) is 0 Å². The third-order valence-electron chi connectivity index (χ3n) is 2.48. The number of carboxylic acid groups (broad SMARTS) is 1. The molecular weight excluding hydrogens is 270 g/mol. The fourth-order valence-corrected chi connectivity index (χ4v) is 2.54. The van der Waals surface area contributed by atoms with E-state index in [1.807, 2.05) is 0 Å². The van der Waals surface area contributed by atoms with Gasteiger partial charge in [-0.3, -0.25) is 9.71 Å². The summed E-state index contributed by atoms with van der Waals surface area (Å²) in [6, 6.07) is 2.72. The highest BCUT2D eigenvalue weighted by Crippen LogP contribution is 2.18. The standard InChI is InChI=1S/C11H11N3O4S/c1-7-2-3-12-6-10(7)14-19(17,18)8-4-9(11(15)16)13-5-8/h2-6,13-14H,1H3,(H,15,16). The van der Waals surface area contributed by atoms with Crippen LogP contribution in [0.25, 0.3) is 0 Å². The van der Waals surface area contributed by atoms with E-state index >= 15 is 0 Å². The van der Waals surface area contributed by atoms with E-state index in [-0.39, 0.29) is 10.6 Å². The van der Waals surface area contributed by atoms with E-state index in [0.717, 1.165) is 12.3 Å². The van der Waals surface area contributed by atoms with Gasteiger partial charge in [-0.2, -0.15) is 0 Å². The van der Waals surface area contributed by atoms with Crippen molar-refractivity contribution < 1.29 is 18.3 Å². The highest BCUT2D eigenvalue weighted by atomic mass is 32.2. The number of hydrogen-bond donors (Lipinski definition) is 3. The summed E-state index contributed by atoms with van der Waals surface area (Å²) in [5.41, 5.74) is 0.872. The molecule has 100 valence electrons. The number of anilines is 1. The van der Waals surface area contributed by atoms with E-state index < -0.39 is 16.0 Å². The third-order valence-corrected chi connectivity index (χ3v) is 3.83. The first kappa shape index (κ1) is 13.1. The molecule has 0 atom stereocenters. The van der Waals surface area contributed by atoms with Crippen molar-refractivity contribution in [3.8, 4) is 0 Å². The fraction of sp³-hybridized carbons (Fsp3) is 0.0909. The molecule has 19 heavy (non-hydrogen) atoms. The van der Waals surface area contributed by atoms with Gasteiger partial charge < -0.3 is 10.1 Å². The third kappa shape index (κ3) is 2.74. The van der Waals surface area contributed by atoms with Crippen molar-refractivity contribution in [2.45, 2.75) is 11.8 Å². The number of aromatic carboxylic acids is 1. The number of carbonyl (C=O) groups is 1. The summed E-state index contributed by atoms with van der Waals surface area (Å²) in [4.78, 5) is 16.8.